The predicted octanol–water partition coefficient (Wildman–Crippen LogP) is 3.51. The van der Waals surface area contributed by atoms with Gasteiger partial charge in [-0.3, -0.25) is 4.79 Å². The number of hydrogen-bond acceptors (Lipinski definition) is 4. The molecule has 1 amide bonds. The van der Waals surface area contributed by atoms with E-state index in [4.69, 9.17) is 4.52 Å². The zero-order chi connectivity index (χ0) is 16.7. The van der Waals surface area contributed by atoms with Crippen molar-refractivity contribution in [1.82, 2.24) is 15.5 Å². The average Bonchev–Trinajstić information content (AvgIpc) is 3.27. The van der Waals surface area contributed by atoms with Gasteiger partial charge in [0.05, 0.1) is 6.04 Å². The van der Waals surface area contributed by atoms with Gasteiger partial charge in [-0.15, -0.1) is 0 Å². The van der Waals surface area contributed by atoms with Crippen LogP contribution in [0.5, 0.6) is 0 Å². The first-order valence-electron chi connectivity index (χ1n) is 8.21. The molecule has 5 heteroatoms. The number of rotatable bonds is 4. The number of benzene rings is 2. The van der Waals surface area contributed by atoms with Crippen molar-refractivity contribution in [3.05, 3.63) is 59.7 Å². The van der Waals surface area contributed by atoms with E-state index in [-0.39, 0.29) is 23.8 Å². The Morgan fingerprint density at radius 1 is 1.25 bits per heavy atom. The van der Waals surface area contributed by atoms with E-state index in [0.717, 1.165) is 6.42 Å². The summed E-state index contributed by atoms with van der Waals surface area (Å²) in [7, 11) is 0. The molecule has 1 N–H and O–H groups in total. The SMILES string of the molecule is Cc1nc([C@H](C)NC(=O)[C@@H]2C[C@@H]2c2cccc3ccccc23)no1. The van der Waals surface area contributed by atoms with Gasteiger partial charge in [0.2, 0.25) is 11.8 Å². The number of carbonyl (C=O) groups is 1. The molecule has 122 valence electrons. The Bertz CT molecular complexity index is 897. The van der Waals surface area contributed by atoms with Gasteiger partial charge < -0.3 is 9.84 Å². The summed E-state index contributed by atoms with van der Waals surface area (Å²) in [5.41, 5.74) is 1.26. The molecule has 1 aliphatic carbocycles. The highest BCUT2D eigenvalue weighted by atomic mass is 16.5. The molecule has 0 saturated heterocycles. The van der Waals surface area contributed by atoms with Crippen molar-refractivity contribution in [3.63, 3.8) is 0 Å². The van der Waals surface area contributed by atoms with Crippen LogP contribution in [0.15, 0.2) is 47.0 Å². The van der Waals surface area contributed by atoms with Crippen molar-refractivity contribution in [3.8, 4) is 0 Å². The lowest BCUT2D eigenvalue weighted by molar-refractivity contribution is -0.123. The number of nitrogens with zero attached hydrogens (tertiary/aromatic N) is 2. The zero-order valence-corrected chi connectivity index (χ0v) is 13.7. The fourth-order valence-electron chi connectivity index (χ4n) is 3.28. The Kier molecular flexibility index (Phi) is 3.56. The van der Waals surface area contributed by atoms with Crippen LogP contribution in [0.2, 0.25) is 0 Å². The van der Waals surface area contributed by atoms with Gasteiger partial charge in [0.1, 0.15) is 0 Å². The Morgan fingerprint density at radius 3 is 2.83 bits per heavy atom. The van der Waals surface area contributed by atoms with Crippen molar-refractivity contribution >= 4 is 16.7 Å². The van der Waals surface area contributed by atoms with E-state index in [1.165, 1.54) is 16.3 Å². The summed E-state index contributed by atoms with van der Waals surface area (Å²) < 4.78 is 4.97. The summed E-state index contributed by atoms with van der Waals surface area (Å²) in [5, 5.41) is 9.32. The number of carbonyl (C=O) groups excluding carboxylic acids is 1. The van der Waals surface area contributed by atoms with Crippen molar-refractivity contribution in [2.75, 3.05) is 0 Å². The van der Waals surface area contributed by atoms with Gasteiger partial charge in [0.15, 0.2) is 5.82 Å². The van der Waals surface area contributed by atoms with Crippen LogP contribution in [0.25, 0.3) is 10.8 Å². The molecule has 0 unspecified atom stereocenters. The lowest BCUT2D eigenvalue weighted by Crippen LogP contribution is -2.29. The van der Waals surface area contributed by atoms with E-state index >= 15 is 0 Å². The summed E-state index contributed by atoms with van der Waals surface area (Å²) in [6.07, 6.45) is 0.887. The minimum atomic E-state index is -0.247. The van der Waals surface area contributed by atoms with Crippen LogP contribution in [-0.4, -0.2) is 16.0 Å². The standard InChI is InChI=1S/C19H19N3O2/c1-11(18-21-12(2)24-22-18)20-19(23)17-10-16(17)15-9-5-7-13-6-3-4-8-14(13)15/h3-9,11,16-17H,10H2,1-2H3,(H,20,23)/t11-,16+,17+/m0/s1. The van der Waals surface area contributed by atoms with Gasteiger partial charge in [-0.1, -0.05) is 47.6 Å². The van der Waals surface area contributed by atoms with Crippen LogP contribution < -0.4 is 5.32 Å². The van der Waals surface area contributed by atoms with Crippen LogP contribution >= 0.6 is 0 Å². The molecule has 0 radical (unpaired) electrons. The van der Waals surface area contributed by atoms with Crippen molar-refractivity contribution in [2.24, 2.45) is 5.92 Å². The summed E-state index contributed by atoms with van der Waals surface area (Å²) >= 11 is 0. The van der Waals surface area contributed by atoms with Gasteiger partial charge in [-0.2, -0.15) is 4.98 Å². The van der Waals surface area contributed by atoms with Crippen molar-refractivity contribution < 1.29 is 9.32 Å². The molecule has 1 aliphatic rings. The zero-order valence-electron chi connectivity index (χ0n) is 13.7. The molecule has 1 aromatic heterocycles. The monoisotopic (exact) mass is 321 g/mol. The highest BCUT2D eigenvalue weighted by Gasteiger charge is 2.45. The lowest BCUT2D eigenvalue weighted by atomic mass is 10.00. The van der Waals surface area contributed by atoms with Crippen molar-refractivity contribution in [2.45, 2.75) is 32.2 Å². The van der Waals surface area contributed by atoms with Gasteiger partial charge in [-0.05, 0) is 35.6 Å². The van der Waals surface area contributed by atoms with E-state index < -0.39 is 0 Å². The van der Waals surface area contributed by atoms with E-state index in [1.54, 1.807) is 6.92 Å². The molecule has 1 saturated carbocycles. The quantitative estimate of drug-likeness (QED) is 0.798. The average molecular weight is 321 g/mol. The Labute approximate surface area is 140 Å². The van der Waals surface area contributed by atoms with Crippen LogP contribution in [0.4, 0.5) is 0 Å². The third-order valence-corrected chi connectivity index (χ3v) is 4.64. The number of amides is 1. The lowest BCUT2D eigenvalue weighted by Gasteiger charge is -2.10. The second kappa shape index (κ2) is 5.74. The third kappa shape index (κ3) is 2.66. The normalized spacial score (nSPS) is 20.8. The molecule has 5 nitrogen and oxygen atoms in total. The molecule has 4 rings (SSSR count). The minimum Gasteiger partial charge on any atom is -0.346 e. The number of fused-ring (bicyclic) bond motifs is 1. The van der Waals surface area contributed by atoms with Crippen LogP contribution in [0.1, 0.15) is 42.6 Å². The third-order valence-electron chi connectivity index (χ3n) is 4.64. The molecular weight excluding hydrogens is 302 g/mol. The molecule has 0 bridgehead atoms. The maximum atomic E-state index is 12.5. The number of hydrogen-bond donors (Lipinski definition) is 1. The molecule has 0 aliphatic heterocycles. The summed E-state index contributed by atoms with van der Waals surface area (Å²) in [5.74, 6) is 1.39. The van der Waals surface area contributed by atoms with E-state index in [2.05, 4.69) is 45.8 Å². The molecule has 24 heavy (non-hydrogen) atoms. The minimum absolute atomic E-state index is 0.0197. The molecular formula is C19H19N3O2. The Balaban J connectivity index is 1.48. The fourth-order valence-corrected chi connectivity index (χ4v) is 3.28. The molecule has 1 heterocycles. The largest absolute Gasteiger partial charge is 0.346 e. The fraction of sp³-hybridized carbons (Fsp3) is 0.316. The summed E-state index contributed by atoms with van der Waals surface area (Å²) in [6.45, 7) is 3.61. The van der Waals surface area contributed by atoms with Gasteiger partial charge >= 0.3 is 0 Å². The van der Waals surface area contributed by atoms with Crippen LogP contribution in [0.3, 0.4) is 0 Å². The van der Waals surface area contributed by atoms with Gasteiger partial charge in [-0.25, -0.2) is 0 Å². The molecule has 2 aromatic carbocycles. The smallest absolute Gasteiger partial charge is 0.224 e. The first-order valence-corrected chi connectivity index (χ1v) is 8.21. The highest BCUT2D eigenvalue weighted by Crippen LogP contribution is 2.49. The van der Waals surface area contributed by atoms with Crippen LogP contribution in [-0.2, 0) is 4.79 Å². The van der Waals surface area contributed by atoms with Gasteiger partial charge in [0, 0.05) is 12.8 Å². The Hall–Kier alpha value is -2.69. The Morgan fingerprint density at radius 2 is 2.04 bits per heavy atom. The maximum Gasteiger partial charge on any atom is 0.224 e. The number of nitrogens with one attached hydrogen (secondary N) is 1. The van der Waals surface area contributed by atoms with Gasteiger partial charge in [0.25, 0.3) is 0 Å². The number of aryl methyl sites for hydroxylation is 1. The molecule has 3 atom stereocenters. The maximum absolute atomic E-state index is 12.5. The summed E-state index contributed by atoms with van der Waals surface area (Å²) in [6, 6.07) is 14.4. The predicted molar refractivity (Wildman–Crippen MR) is 90.4 cm³/mol. The molecule has 1 fully saturated rings. The highest BCUT2D eigenvalue weighted by molar-refractivity contribution is 5.89. The van der Waals surface area contributed by atoms with E-state index in [9.17, 15) is 4.79 Å². The number of aromatic nitrogens is 2. The topological polar surface area (TPSA) is 68.0 Å². The molecule has 0 spiro atoms. The van der Waals surface area contributed by atoms with Crippen LogP contribution in [0, 0.1) is 12.8 Å². The second-order valence-electron chi connectivity index (χ2n) is 6.42. The van der Waals surface area contributed by atoms with Crippen molar-refractivity contribution in [1.29, 1.82) is 0 Å². The first kappa shape index (κ1) is 14.9. The first-order chi connectivity index (χ1) is 11.6. The molecule has 3 aromatic rings. The summed E-state index contributed by atoms with van der Waals surface area (Å²) in [4.78, 5) is 16.7. The van der Waals surface area contributed by atoms with E-state index in [1.807, 2.05) is 19.1 Å². The second-order valence-corrected chi connectivity index (χ2v) is 6.42. The van der Waals surface area contributed by atoms with E-state index in [0.29, 0.717) is 11.7 Å².